The van der Waals surface area contributed by atoms with E-state index in [9.17, 15) is 4.79 Å². The lowest BCUT2D eigenvalue weighted by molar-refractivity contribution is -0.124. The number of hydrogen-bond donors (Lipinski definition) is 2. The van der Waals surface area contributed by atoms with Crippen LogP contribution in [-0.4, -0.2) is 18.0 Å². The summed E-state index contributed by atoms with van der Waals surface area (Å²) in [5.41, 5.74) is 5.60. The molecule has 80 valence electrons. The number of amides is 1. The van der Waals surface area contributed by atoms with E-state index in [1.54, 1.807) is 0 Å². The van der Waals surface area contributed by atoms with E-state index in [2.05, 4.69) is 19.2 Å². The van der Waals surface area contributed by atoms with E-state index in [0.717, 1.165) is 6.42 Å². The lowest BCUT2D eigenvalue weighted by Crippen LogP contribution is -2.53. The van der Waals surface area contributed by atoms with Gasteiger partial charge < -0.3 is 11.1 Å². The first-order chi connectivity index (χ1) is 6.57. The summed E-state index contributed by atoms with van der Waals surface area (Å²) in [6, 6.07) is 0. The maximum absolute atomic E-state index is 11.8. The van der Waals surface area contributed by atoms with E-state index < -0.39 is 0 Å². The fourth-order valence-electron chi connectivity index (χ4n) is 2.10. The topological polar surface area (TPSA) is 55.1 Å². The molecule has 0 bridgehead atoms. The van der Waals surface area contributed by atoms with Gasteiger partial charge in [-0.05, 0) is 38.0 Å². The van der Waals surface area contributed by atoms with Crippen molar-refractivity contribution in [3.05, 3.63) is 0 Å². The third kappa shape index (κ3) is 1.78. The molecule has 2 aliphatic carbocycles. The first-order valence-corrected chi connectivity index (χ1v) is 5.59. The van der Waals surface area contributed by atoms with Gasteiger partial charge >= 0.3 is 0 Å². The van der Waals surface area contributed by atoms with Crippen molar-refractivity contribution in [1.29, 1.82) is 0 Å². The van der Waals surface area contributed by atoms with Gasteiger partial charge in [-0.2, -0.15) is 0 Å². The predicted octanol–water partition coefficient (Wildman–Crippen LogP) is 0.886. The van der Waals surface area contributed by atoms with Crippen molar-refractivity contribution in [2.45, 2.75) is 38.6 Å². The van der Waals surface area contributed by atoms with Gasteiger partial charge in [0.15, 0.2) is 0 Å². The third-order valence-electron chi connectivity index (χ3n) is 3.76. The molecule has 0 spiro atoms. The lowest BCUT2D eigenvalue weighted by atomic mass is 9.95. The number of hydrogen-bond acceptors (Lipinski definition) is 2. The van der Waals surface area contributed by atoms with Crippen LogP contribution in [0.1, 0.15) is 33.1 Å². The Hall–Kier alpha value is -0.570. The molecule has 0 aliphatic heterocycles. The molecule has 3 nitrogen and oxygen atoms in total. The highest BCUT2D eigenvalue weighted by Crippen LogP contribution is 2.42. The summed E-state index contributed by atoms with van der Waals surface area (Å²) in [7, 11) is 0. The number of rotatable bonds is 4. The summed E-state index contributed by atoms with van der Waals surface area (Å²) in [6.07, 6.45) is 3.49. The number of carbonyl (C=O) groups excluding carboxylic acids is 1. The fourth-order valence-corrected chi connectivity index (χ4v) is 2.10. The molecule has 14 heavy (non-hydrogen) atoms. The van der Waals surface area contributed by atoms with Gasteiger partial charge in [-0.1, -0.05) is 6.92 Å². The van der Waals surface area contributed by atoms with Crippen LogP contribution in [-0.2, 0) is 4.79 Å². The SMILES string of the molecule is CC1CC1C(=O)NC(C)(CN)C1CC1. The van der Waals surface area contributed by atoms with Crippen LogP contribution in [0.5, 0.6) is 0 Å². The van der Waals surface area contributed by atoms with Gasteiger partial charge in [0, 0.05) is 12.5 Å². The molecule has 1 amide bonds. The second kappa shape index (κ2) is 3.23. The molecule has 0 aromatic rings. The quantitative estimate of drug-likeness (QED) is 0.701. The van der Waals surface area contributed by atoms with Crippen molar-refractivity contribution in [3.63, 3.8) is 0 Å². The summed E-state index contributed by atoms with van der Waals surface area (Å²) >= 11 is 0. The highest BCUT2D eigenvalue weighted by atomic mass is 16.2. The van der Waals surface area contributed by atoms with E-state index in [1.165, 1.54) is 12.8 Å². The molecule has 0 saturated heterocycles. The smallest absolute Gasteiger partial charge is 0.223 e. The molecule has 0 radical (unpaired) electrons. The van der Waals surface area contributed by atoms with Crippen LogP contribution < -0.4 is 11.1 Å². The summed E-state index contributed by atoms with van der Waals surface area (Å²) in [5.74, 6) is 1.68. The zero-order valence-electron chi connectivity index (χ0n) is 9.05. The zero-order chi connectivity index (χ0) is 10.3. The highest BCUT2D eigenvalue weighted by Gasteiger charge is 2.46. The van der Waals surface area contributed by atoms with Crippen molar-refractivity contribution in [1.82, 2.24) is 5.32 Å². The monoisotopic (exact) mass is 196 g/mol. The van der Waals surface area contributed by atoms with E-state index in [-0.39, 0.29) is 17.4 Å². The van der Waals surface area contributed by atoms with E-state index in [1.807, 2.05) is 0 Å². The molecule has 3 heteroatoms. The van der Waals surface area contributed by atoms with Crippen LogP contribution in [0.3, 0.4) is 0 Å². The van der Waals surface area contributed by atoms with Gasteiger partial charge in [-0.3, -0.25) is 4.79 Å². The number of nitrogens with one attached hydrogen (secondary N) is 1. The van der Waals surface area contributed by atoms with Crippen molar-refractivity contribution >= 4 is 5.91 Å². The molecule has 0 aromatic heterocycles. The van der Waals surface area contributed by atoms with Crippen LogP contribution in [0.25, 0.3) is 0 Å². The minimum absolute atomic E-state index is 0.139. The molecular formula is C11H20N2O. The normalized spacial score (nSPS) is 34.8. The van der Waals surface area contributed by atoms with Gasteiger partial charge in [0.05, 0.1) is 5.54 Å². The predicted molar refractivity (Wildman–Crippen MR) is 55.6 cm³/mol. The lowest BCUT2D eigenvalue weighted by Gasteiger charge is -2.29. The molecule has 0 heterocycles. The fraction of sp³-hybridized carbons (Fsp3) is 0.909. The molecule has 2 rings (SSSR count). The molecule has 3 unspecified atom stereocenters. The third-order valence-corrected chi connectivity index (χ3v) is 3.76. The van der Waals surface area contributed by atoms with E-state index in [0.29, 0.717) is 18.4 Å². The average molecular weight is 196 g/mol. The summed E-state index contributed by atoms with van der Waals surface area (Å²) in [5, 5.41) is 3.13. The molecule has 2 saturated carbocycles. The van der Waals surface area contributed by atoms with Crippen molar-refractivity contribution < 1.29 is 4.79 Å². The Morgan fingerprint density at radius 2 is 2.14 bits per heavy atom. The molecule has 3 N–H and O–H groups in total. The van der Waals surface area contributed by atoms with Crippen molar-refractivity contribution in [2.24, 2.45) is 23.5 Å². The Balaban J connectivity index is 1.90. The zero-order valence-corrected chi connectivity index (χ0v) is 9.05. The van der Waals surface area contributed by atoms with Gasteiger partial charge in [-0.25, -0.2) is 0 Å². The molecule has 3 atom stereocenters. The second-order valence-corrected chi connectivity index (χ2v) is 5.20. The van der Waals surface area contributed by atoms with Gasteiger partial charge in [0.2, 0.25) is 5.91 Å². The van der Waals surface area contributed by atoms with Crippen LogP contribution in [0.2, 0.25) is 0 Å². The minimum atomic E-state index is -0.139. The Kier molecular flexibility index (Phi) is 2.30. The maximum atomic E-state index is 11.8. The Morgan fingerprint density at radius 1 is 1.57 bits per heavy atom. The summed E-state index contributed by atoms with van der Waals surface area (Å²) < 4.78 is 0. The number of nitrogens with two attached hydrogens (primary N) is 1. The molecular weight excluding hydrogens is 176 g/mol. The van der Waals surface area contributed by atoms with Crippen LogP contribution in [0.4, 0.5) is 0 Å². The van der Waals surface area contributed by atoms with Crippen molar-refractivity contribution in [3.8, 4) is 0 Å². The number of carbonyl (C=O) groups is 1. The van der Waals surface area contributed by atoms with E-state index in [4.69, 9.17) is 5.73 Å². The molecule has 2 fully saturated rings. The molecule has 2 aliphatic rings. The molecule has 0 aromatic carbocycles. The van der Waals surface area contributed by atoms with Crippen LogP contribution >= 0.6 is 0 Å². The second-order valence-electron chi connectivity index (χ2n) is 5.20. The van der Waals surface area contributed by atoms with E-state index >= 15 is 0 Å². The van der Waals surface area contributed by atoms with Crippen molar-refractivity contribution in [2.75, 3.05) is 6.54 Å². The van der Waals surface area contributed by atoms with Gasteiger partial charge in [0.25, 0.3) is 0 Å². The Bertz CT molecular complexity index is 250. The van der Waals surface area contributed by atoms with Gasteiger partial charge in [0.1, 0.15) is 0 Å². The summed E-state index contributed by atoms with van der Waals surface area (Å²) in [6.45, 7) is 4.77. The maximum Gasteiger partial charge on any atom is 0.223 e. The highest BCUT2D eigenvalue weighted by molar-refractivity contribution is 5.82. The standard InChI is InChI=1S/C11H20N2O/c1-7-5-9(7)10(14)13-11(2,6-12)8-3-4-8/h7-9H,3-6,12H2,1-2H3,(H,13,14). The first kappa shape index (κ1) is 9.97. The van der Waals surface area contributed by atoms with Gasteiger partial charge in [-0.15, -0.1) is 0 Å². The minimum Gasteiger partial charge on any atom is -0.349 e. The summed E-state index contributed by atoms with van der Waals surface area (Å²) in [4.78, 5) is 11.8. The first-order valence-electron chi connectivity index (χ1n) is 5.59. The van der Waals surface area contributed by atoms with Crippen LogP contribution in [0.15, 0.2) is 0 Å². The largest absolute Gasteiger partial charge is 0.349 e. The Morgan fingerprint density at radius 3 is 2.50 bits per heavy atom. The van der Waals surface area contributed by atoms with Crippen LogP contribution in [0, 0.1) is 17.8 Å². The Labute approximate surface area is 85.4 Å². The average Bonchev–Trinajstić information content (AvgIpc) is 2.96.